The molecule has 5 rings (SSSR count). The third-order valence-electron chi connectivity index (χ3n) is 3.69. The van der Waals surface area contributed by atoms with Crippen LogP contribution < -0.4 is 0 Å². The van der Waals surface area contributed by atoms with Crippen molar-refractivity contribution < 1.29 is 0 Å². The number of pyridine rings is 1. The zero-order chi connectivity index (χ0) is 14.5. The Hall–Kier alpha value is -2.86. The molecule has 0 fully saturated rings. The summed E-state index contributed by atoms with van der Waals surface area (Å²) >= 11 is 1.61. The predicted molar refractivity (Wildman–Crippen MR) is 86.9 cm³/mol. The monoisotopic (exact) mass is 303 g/mol. The summed E-state index contributed by atoms with van der Waals surface area (Å²) in [5.41, 5.74) is 3.85. The van der Waals surface area contributed by atoms with Crippen LogP contribution in [-0.2, 0) is 0 Å². The minimum atomic E-state index is 0.828. The van der Waals surface area contributed by atoms with Gasteiger partial charge >= 0.3 is 0 Å². The Bertz CT molecular complexity index is 1130. The number of aromatic nitrogens is 5. The van der Waals surface area contributed by atoms with Crippen LogP contribution in [0.5, 0.6) is 0 Å². The molecule has 0 radical (unpaired) electrons. The van der Waals surface area contributed by atoms with Crippen molar-refractivity contribution in [3.8, 4) is 11.3 Å². The number of benzene rings is 1. The fraction of sp³-hybridized carbons (Fsp3) is 0. The van der Waals surface area contributed by atoms with Crippen LogP contribution in [0.4, 0.5) is 0 Å². The number of rotatable bonds is 1. The Morgan fingerprint density at radius 3 is 2.77 bits per heavy atom. The summed E-state index contributed by atoms with van der Waals surface area (Å²) in [6.45, 7) is 0. The minimum Gasteiger partial charge on any atom is -0.271 e. The molecule has 5 nitrogen and oxygen atoms in total. The predicted octanol–water partition coefficient (Wildman–Crippen LogP) is 3.55. The number of fused-ring (bicyclic) bond motifs is 5. The second-order valence-corrected chi connectivity index (χ2v) is 6.00. The SMILES string of the molecule is c1ccc(-c2ccc3c(n2)sc2c3ncn3cnnc23)cc1. The van der Waals surface area contributed by atoms with Gasteiger partial charge < -0.3 is 0 Å². The number of hydrogen-bond donors (Lipinski definition) is 0. The summed E-state index contributed by atoms with van der Waals surface area (Å²) in [5, 5.41) is 9.18. The highest BCUT2D eigenvalue weighted by molar-refractivity contribution is 7.26. The first kappa shape index (κ1) is 11.8. The third kappa shape index (κ3) is 1.58. The van der Waals surface area contributed by atoms with E-state index in [0.29, 0.717) is 0 Å². The molecular weight excluding hydrogens is 294 g/mol. The van der Waals surface area contributed by atoms with Crippen molar-refractivity contribution in [2.75, 3.05) is 0 Å². The lowest BCUT2D eigenvalue weighted by atomic mass is 10.1. The maximum atomic E-state index is 4.79. The van der Waals surface area contributed by atoms with Crippen molar-refractivity contribution in [2.45, 2.75) is 0 Å². The van der Waals surface area contributed by atoms with E-state index >= 15 is 0 Å². The van der Waals surface area contributed by atoms with E-state index in [1.54, 1.807) is 24.0 Å². The molecule has 0 aliphatic heterocycles. The maximum Gasteiger partial charge on any atom is 0.181 e. The second kappa shape index (κ2) is 4.32. The molecule has 0 atom stereocenters. The lowest BCUT2D eigenvalue weighted by Gasteiger charge is -2.00. The highest BCUT2D eigenvalue weighted by Gasteiger charge is 2.13. The largest absolute Gasteiger partial charge is 0.271 e. The van der Waals surface area contributed by atoms with E-state index in [4.69, 9.17) is 4.98 Å². The quantitative estimate of drug-likeness (QED) is 0.475. The molecule has 5 aromatic rings. The zero-order valence-electron chi connectivity index (χ0n) is 11.3. The standard InChI is InChI=1S/C16H9N5S/c1-2-4-10(5-3-1)12-7-6-11-13-14(22-16(11)19-12)15-20-18-9-21(15)8-17-13/h1-9H. The normalized spacial score (nSPS) is 11.6. The van der Waals surface area contributed by atoms with E-state index in [9.17, 15) is 0 Å². The summed E-state index contributed by atoms with van der Waals surface area (Å²) < 4.78 is 2.85. The van der Waals surface area contributed by atoms with Crippen LogP contribution >= 0.6 is 11.3 Å². The summed E-state index contributed by atoms with van der Waals surface area (Å²) in [7, 11) is 0. The molecule has 4 heterocycles. The van der Waals surface area contributed by atoms with E-state index < -0.39 is 0 Å². The molecule has 4 aromatic heterocycles. The van der Waals surface area contributed by atoms with Crippen LogP contribution in [0.15, 0.2) is 55.1 Å². The molecule has 0 saturated carbocycles. The first-order valence-electron chi connectivity index (χ1n) is 6.83. The number of hydrogen-bond acceptors (Lipinski definition) is 5. The Balaban J connectivity index is 1.84. The van der Waals surface area contributed by atoms with Gasteiger partial charge in [-0.05, 0) is 12.1 Å². The molecule has 1 aromatic carbocycles. The smallest absolute Gasteiger partial charge is 0.181 e. The molecule has 0 unspecified atom stereocenters. The second-order valence-electron chi connectivity index (χ2n) is 5.00. The van der Waals surface area contributed by atoms with E-state index in [1.165, 1.54) is 0 Å². The van der Waals surface area contributed by atoms with Crippen molar-refractivity contribution in [1.82, 2.24) is 24.6 Å². The Morgan fingerprint density at radius 2 is 1.86 bits per heavy atom. The topological polar surface area (TPSA) is 56.0 Å². The number of thiophene rings is 1. The molecule has 0 aliphatic carbocycles. The highest BCUT2D eigenvalue weighted by atomic mass is 32.1. The first-order chi connectivity index (χ1) is 10.9. The van der Waals surface area contributed by atoms with Gasteiger partial charge in [0.25, 0.3) is 0 Å². The van der Waals surface area contributed by atoms with Gasteiger partial charge in [0.1, 0.15) is 22.2 Å². The van der Waals surface area contributed by atoms with E-state index in [-0.39, 0.29) is 0 Å². The van der Waals surface area contributed by atoms with Crippen LogP contribution in [0.1, 0.15) is 0 Å². The lowest BCUT2D eigenvalue weighted by Crippen LogP contribution is -1.85. The highest BCUT2D eigenvalue weighted by Crippen LogP contribution is 2.34. The molecule has 104 valence electrons. The number of nitrogens with zero attached hydrogens (tertiary/aromatic N) is 5. The molecule has 6 heteroatoms. The van der Waals surface area contributed by atoms with Crippen LogP contribution in [0, 0.1) is 0 Å². The van der Waals surface area contributed by atoms with Gasteiger partial charge in [0, 0.05) is 10.9 Å². The van der Waals surface area contributed by atoms with Crippen LogP contribution in [0.2, 0.25) is 0 Å². The van der Waals surface area contributed by atoms with Gasteiger partial charge in [0.2, 0.25) is 0 Å². The van der Waals surface area contributed by atoms with Crippen LogP contribution in [-0.4, -0.2) is 24.6 Å². The van der Waals surface area contributed by atoms with Crippen molar-refractivity contribution in [2.24, 2.45) is 0 Å². The van der Waals surface area contributed by atoms with Gasteiger partial charge in [-0.2, -0.15) is 0 Å². The van der Waals surface area contributed by atoms with E-state index in [2.05, 4.69) is 33.4 Å². The molecule has 0 bridgehead atoms. The van der Waals surface area contributed by atoms with Gasteiger partial charge in [-0.25, -0.2) is 9.97 Å². The van der Waals surface area contributed by atoms with Crippen molar-refractivity contribution >= 4 is 37.4 Å². The zero-order valence-corrected chi connectivity index (χ0v) is 12.2. The Labute approximate surface area is 128 Å². The van der Waals surface area contributed by atoms with Gasteiger partial charge in [-0.3, -0.25) is 4.40 Å². The summed E-state index contributed by atoms with van der Waals surface area (Å²) in [4.78, 5) is 10.3. The molecule has 0 saturated heterocycles. The van der Waals surface area contributed by atoms with Crippen molar-refractivity contribution in [1.29, 1.82) is 0 Å². The lowest BCUT2D eigenvalue weighted by molar-refractivity contribution is 1.08. The van der Waals surface area contributed by atoms with Gasteiger partial charge in [0.05, 0.1) is 11.2 Å². The van der Waals surface area contributed by atoms with E-state index in [0.717, 1.165) is 37.3 Å². The molecule has 0 amide bonds. The molecule has 0 aliphatic rings. The maximum absolute atomic E-state index is 4.79. The van der Waals surface area contributed by atoms with Crippen LogP contribution in [0.3, 0.4) is 0 Å². The average molecular weight is 303 g/mol. The minimum absolute atomic E-state index is 0.828. The van der Waals surface area contributed by atoms with Gasteiger partial charge in [-0.1, -0.05) is 30.3 Å². The Morgan fingerprint density at radius 1 is 0.955 bits per heavy atom. The van der Waals surface area contributed by atoms with Gasteiger partial charge in [0.15, 0.2) is 5.65 Å². The third-order valence-corrected chi connectivity index (χ3v) is 4.77. The van der Waals surface area contributed by atoms with E-state index in [1.807, 2.05) is 28.7 Å². The van der Waals surface area contributed by atoms with Crippen molar-refractivity contribution in [3.05, 3.63) is 55.1 Å². The Kier molecular flexibility index (Phi) is 2.31. The fourth-order valence-corrected chi connectivity index (χ4v) is 3.73. The summed E-state index contributed by atoms with van der Waals surface area (Å²) in [5.74, 6) is 0. The molecule has 0 N–H and O–H groups in total. The van der Waals surface area contributed by atoms with Crippen molar-refractivity contribution in [3.63, 3.8) is 0 Å². The van der Waals surface area contributed by atoms with Gasteiger partial charge in [-0.15, -0.1) is 21.5 Å². The summed E-state index contributed by atoms with van der Waals surface area (Å²) in [6.07, 6.45) is 3.41. The summed E-state index contributed by atoms with van der Waals surface area (Å²) in [6, 6.07) is 14.3. The average Bonchev–Trinajstić information content (AvgIpc) is 3.18. The molecule has 0 spiro atoms. The fourth-order valence-electron chi connectivity index (χ4n) is 2.62. The molecular formula is C16H9N5S. The first-order valence-corrected chi connectivity index (χ1v) is 7.65. The van der Waals surface area contributed by atoms with Crippen LogP contribution in [0.25, 0.3) is 37.3 Å². The molecule has 22 heavy (non-hydrogen) atoms.